The molecule has 1 heterocycles. The minimum absolute atomic E-state index is 0.251. The topological polar surface area (TPSA) is 20.2 Å². The summed E-state index contributed by atoms with van der Waals surface area (Å²) < 4.78 is 1.11. The van der Waals surface area contributed by atoms with Crippen LogP contribution in [0, 0.1) is 17.3 Å². The van der Waals surface area contributed by atoms with E-state index in [2.05, 4.69) is 39.5 Å². The number of rotatable bonds is 7. The first kappa shape index (κ1) is 21.0. The molecule has 0 bridgehead atoms. The summed E-state index contributed by atoms with van der Waals surface area (Å²) in [7, 11) is 0. The van der Waals surface area contributed by atoms with Gasteiger partial charge in [-0.05, 0) is 50.0 Å². The van der Waals surface area contributed by atoms with Gasteiger partial charge in [-0.15, -0.1) is 0 Å². The zero-order valence-electron chi connectivity index (χ0n) is 17.4. The molecule has 0 saturated carbocycles. The Labute approximate surface area is 161 Å². The van der Waals surface area contributed by atoms with Crippen LogP contribution in [0.1, 0.15) is 71.8 Å². The van der Waals surface area contributed by atoms with E-state index in [9.17, 15) is 5.11 Å². The van der Waals surface area contributed by atoms with E-state index in [1.54, 1.807) is 0 Å². The first-order valence-electron chi connectivity index (χ1n) is 10.6. The molecule has 1 aromatic rings. The molecule has 2 heteroatoms. The van der Waals surface area contributed by atoms with E-state index in [0.717, 1.165) is 29.4 Å². The van der Waals surface area contributed by atoms with E-state index in [0.29, 0.717) is 0 Å². The average molecular weight is 357 g/mol. The third-order valence-corrected chi connectivity index (χ3v) is 6.77. The highest BCUT2D eigenvalue weighted by Gasteiger charge is 2.45. The van der Waals surface area contributed by atoms with Crippen LogP contribution >= 0.6 is 0 Å². The zero-order chi connectivity index (χ0) is 19.1. The second-order valence-electron chi connectivity index (χ2n) is 8.38. The second kappa shape index (κ2) is 9.07. The Morgan fingerprint density at radius 1 is 1.00 bits per heavy atom. The summed E-state index contributed by atoms with van der Waals surface area (Å²) in [6.45, 7) is 13.3. The molecule has 0 amide bonds. The van der Waals surface area contributed by atoms with Crippen molar-refractivity contribution in [1.82, 2.24) is 0 Å². The van der Waals surface area contributed by atoms with Gasteiger partial charge in [0.2, 0.25) is 0 Å². The molecule has 1 fully saturated rings. The Morgan fingerprint density at radius 3 is 2.15 bits per heavy atom. The lowest BCUT2D eigenvalue weighted by Gasteiger charge is -2.42. The largest absolute Gasteiger partial charge is 0.373 e. The lowest BCUT2D eigenvalue weighted by molar-refractivity contribution is -0.926. The lowest BCUT2D eigenvalue weighted by atomic mass is 9.66. The van der Waals surface area contributed by atoms with Crippen molar-refractivity contribution in [2.75, 3.05) is 26.2 Å². The summed E-state index contributed by atoms with van der Waals surface area (Å²) in [6, 6.07) is 10.1. The first-order valence-corrected chi connectivity index (χ1v) is 10.6. The van der Waals surface area contributed by atoms with Gasteiger partial charge in [0.1, 0.15) is 6.54 Å². The fourth-order valence-corrected chi connectivity index (χ4v) is 4.47. The highest BCUT2D eigenvalue weighted by atomic mass is 16.3. The number of quaternary nitrogens is 1. The summed E-state index contributed by atoms with van der Waals surface area (Å²) in [5.41, 5.74) is -0.415. The van der Waals surface area contributed by atoms with E-state index >= 15 is 0 Å². The number of hydrogen-bond donors (Lipinski definition) is 1. The van der Waals surface area contributed by atoms with Gasteiger partial charge in [-0.25, -0.2) is 0 Å². The Balaban J connectivity index is 2.35. The van der Waals surface area contributed by atoms with Crippen molar-refractivity contribution in [1.29, 1.82) is 0 Å². The molecule has 1 N–H and O–H groups in total. The molecule has 0 unspecified atom stereocenters. The van der Waals surface area contributed by atoms with Crippen LogP contribution in [0.2, 0.25) is 0 Å². The minimum atomic E-state index is -1.09. The van der Waals surface area contributed by atoms with Gasteiger partial charge in [-0.3, -0.25) is 0 Å². The molecule has 2 nitrogen and oxygen atoms in total. The molecule has 1 aliphatic rings. The average Bonchev–Trinajstić information content (AvgIpc) is 2.68. The highest BCUT2D eigenvalue weighted by Crippen LogP contribution is 2.44. The molecule has 1 saturated heterocycles. The van der Waals surface area contributed by atoms with Crippen LogP contribution in [-0.2, 0) is 5.60 Å². The van der Waals surface area contributed by atoms with Crippen LogP contribution in [0.5, 0.6) is 0 Å². The van der Waals surface area contributed by atoms with Crippen LogP contribution in [0.3, 0.4) is 0 Å². The van der Waals surface area contributed by atoms with Crippen molar-refractivity contribution < 1.29 is 9.59 Å². The highest BCUT2D eigenvalue weighted by molar-refractivity contribution is 5.35. The molecular weight excluding hydrogens is 318 g/mol. The predicted octanol–water partition coefficient (Wildman–Crippen LogP) is 5.11. The predicted molar refractivity (Wildman–Crippen MR) is 111 cm³/mol. The number of nitrogens with zero attached hydrogens (tertiary/aromatic N) is 1. The van der Waals surface area contributed by atoms with Crippen molar-refractivity contribution in [3.8, 4) is 11.8 Å². The van der Waals surface area contributed by atoms with Crippen LogP contribution in [0.25, 0.3) is 0 Å². The Morgan fingerprint density at radius 2 is 1.62 bits per heavy atom. The Bertz CT molecular complexity index is 597. The smallest absolute Gasteiger partial charge is 0.156 e. The summed E-state index contributed by atoms with van der Waals surface area (Å²) in [5.74, 6) is 6.84. The molecule has 0 aliphatic carbocycles. The van der Waals surface area contributed by atoms with Gasteiger partial charge in [0, 0.05) is 5.41 Å². The van der Waals surface area contributed by atoms with Gasteiger partial charge in [0.25, 0.3) is 0 Å². The molecule has 0 spiro atoms. The van der Waals surface area contributed by atoms with Crippen LogP contribution in [-0.4, -0.2) is 35.8 Å². The van der Waals surface area contributed by atoms with Crippen molar-refractivity contribution in [3.05, 3.63) is 35.9 Å². The van der Waals surface area contributed by atoms with Crippen molar-refractivity contribution >= 4 is 0 Å². The quantitative estimate of drug-likeness (QED) is 0.531. The maximum Gasteiger partial charge on any atom is 0.156 e. The van der Waals surface area contributed by atoms with Gasteiger partial charge < -0.3 is 9.59 Å². The van der Waals surface area contributed by atoms with Gasteiger partial charge >= 0.3 is 0 Å². The molecule has 1 aliphatic heterocycles. The van der Waals surface area contributed by atoms with E-state index in [1.807, 2.05) is 30.3 Å². The molecule has 0 aromatic heterocycles. The van der Waals surface area contributed by atoms with E-state index in [1.165, 1.54) is 45.3 Å². The van der Waals surface area contributed by atoms with Gasteiger partial charge in [0.05, 0.1) is 19.6 Å². The number of benzene rings is 1. The molecule has 2 rings (SSSR count). The van der Waals surface area contributed by atoms with E-state index in [-0.39, 0.29) is 5.41 Å². The Kier molecular flexibility index (Phi) is 7.33. The maximum absolute atomic E-state index is 11.8. The molecular formula is C24H38NO+. The normalized spacial score (nSPS) is 19.3. The molecule has 1 atom stereocenters. The van der Waals surface area contributed by atoms with Gasteiger partial charge in [0.15, 0.2) is 5.60 Å². The summed E-state index contributed by atoms with van der Waals surface area (Å²) >= 11 is 0. The minimum Gasteiger partial charge on any atom is -0.373 e. The number of piperidine rings is 1. The fourth-order valence-electron chi connectivity index (χ4n) is 4.47. The first-order chi connectivity index (χ1) is 12.5. The molecule has 0 radical (unpaired) electrons. The number of likely N-dealkylation sites (tertiary alicyclic amines) is 1. The van der Waals surface area contributed by atoms with Gasteiger partial charge in [-0.1, -0.05) is 63.9 Å². The molecule has 1 aromatic carbocycles. The molecule has 144 valence electrons. The fraction of sp³-hybridized carbons (Fsp3) is 0.667. The zero-order valence-corrected chi connectivity index (χ0v) is 17.4. The van der Waals surface area contributed by atoms with Crippen LogP contribution in [0.4, 0.5) is 0 Å². The van der Waals surface area contributed by atoms with Crippen LogP contribution < -0.4 is 0 Å². The second-order valence-corrected chi connectivity index (χ2v) is 8.38. The van der Waals surface area contributed by atoms with Crippen LogP contribution in [0.15, 0.2) is 30.3 Å². The summed E-state index contributed by atoms with van der Waals surface area (Å²) in [6.07, 6.45) is 6.98. The number of hydrogen-bond acceptors (Lipinski definition) is 1. The van der Waals surface area contributed by atoms with E-state index in [4.69, 9.17) is 0 Å². The van der Waals surface area contributed by atoms with Crippen molar-refractivity contribution in [3.63, 3.8) is 0 Å². The SMILES string of the molecule is CCC[N+]1(CC#C[C@](O)(c2ccccc2)C(C)(CC)CC)CCCCC1. The monoisotopic (exact) mass is 356 g/mol. The standard InChI is InChI=1S/C24H38NO/c1-5-18-25(19-12-9-13-20-25)21-14-17-24(26,23(4,6-2)7-3)22-15-10-8-11-16-22/h8,10-11,15-16,26H,5-7,9,12-13,18-21H2,1-4H3/q+1/t24-/m0/s1. The van der Waals surface area contributed by atoms with Crippen molar-refractivity contribution in [2.45, 2.75) is 71.8 Å². The summed E-state index contributed by atoms with van der Waals surface area (Å²) in [4.78, 5) is 0. The van der Waals surface area contributed by atoms with Gasteiger partial charge in [-0.2, -0.15) is 0 Å². The van der Waals surface area contributed by atoms with Crippen molar-refractivity contribution in [2.24, 2.45) is 5.41 Å². The third kappa shape index (κ3) is 4.33. The van der Waals surface area contributed by atoms with E-state index < -0.39 is 5.60 Å². The number of aliphatic hydroxyl groups is 1. The maximum atomic E-state index is 11.8. The molecule has 26 heavy (non-hydrogen) atoms. The Hall–Kier alpha value is -1.30. The lowest BCUT2D eigenvalue weighted by Crippen LogP contribution is -2.52. The summed E-state index contributed by atoms with van der Waals surface area (Å²) in [5, 5.41) is 11.8. The third-order valence-electron chi connectivity index (χ3n) is 6.77.